The Labute approximate surface area is 89.9 Å². The monoisotopic (exact) mass is 197 g/mol. The van der Waals surface area contributed by atoms with Gasteiger partial charge in [-0.2, -0.15) is 0 Å². The first-order chi connectivity index (χ1) is 6.50. The zero-order valence-corrected chi connectivity index (χ0v) is 10.5. The summed E-state index contributed by atoms with van der Waals surface area (Å²) in [4.78, 5) is 2.64. The van der Waals surface area contributed by atoms with Gasteiger partial charge < -0.3 is 4.90 Å². The molecule has 0 N–H and O–H groups in total. The molecule has 1 saturated heterocycles. The molecule has 1 nitrogen and oxygen atoms in total. The van der Waals surface area contributed by atoms with Crippen molar-refractivity contribution in [2.24, 2.45) is 11.3 Å². The molecule has 1 aliphatic heterocycles. The highest BCUT2D eigenvalue weighted by Gasteiger charge is 2.20. The third-order valence-corrected chi connectivity index (χ3v) is 3.81. The average molecular weight is 197 g/mol. The third-order valence-electron chi connectivity index (χ3n) is 3.81. The van der Waals surface area contributed by atoms with E-state index in [0.29, 0.717) is 5.41 Å². The van der Waals surface area contributed by atoms with E-state index in [1.54, 1.807) is 0 Å². The number of piperidine rings is 1. The quantitative estimate of drug-likeness (QED) is 0.669. The van der Waals surface area contributed by atoms with Crippen LogP contribution in [0.25, 0.3) is 0 Å². The second-order valence-corrected chi connectivity index (χ2v) is 5.96. The summed E-state index contributed by atoms with van der Waals surface area (Å²) in [6.07, 6.45) is 5.66. The molecule has 84 valence electrons. The largest absolute Gasteiger partial charge is 0.303 e. The van der Waals surface area contributed by atoms with Crippen LogP contribution in [0.15, 0.2) is 0 Å². The molecular weight excluding hydrogens is 170 g/mol. The Morgan fingerprint density at radius 1 is 1.07 bits per heavy atom. The minimum Gasteiger partial charge on any atom is -0.303 e. The van der Waals surface area contributed by atoms with Crippen LogP contribution in [0, 0.1) is 11.3 Å². The fraction of sp³-hybridized carbons (Fsp3) is 1.00. The molecule has 0 amide bonds. The van der Waals surface area contributed by atoms with Gasteiger partial charge in [0.25, 0.3) is 0 Å². The highest BCUT2D eigenvalue weighted by Crippen LogP contribution is 2.28. The zero-order valence-electron chi connectivity index (χ0n) is 10.5. The molecule has 1 aliphatic rings. The summed E-state index contributed by atoms with van der Waals surface area (Å²) in [6, 6.07) is 0. The molecular formula is C13H27N. The van der Waals surface area contributed by atoms with Gasteiger partial charge in [-0.15, -0.1) is 0 Å². The molecule has 0 saturated carbocycles. The van der Waals surface area contributed by atoms with Crippen LogP contribution < -0.4 is 0 Å². The molecule has 0 aromatic carbocycles. The lowest BCUT2D eigenvalue weighted by atomic mass is 9.80. The predicted molar refractivity (Wildman–Crippen MR) is 63.5 cm³/mol. The van der Waals surface area contributed by atoms with Gasteiger partial charge in [-0.05, 0) is 50.2 Å². The van der Waals surface area contributed by atoms with Crippen molar-refractivity contribution in [1.29, 1.82) is 0 Å². The van der Waals surface area contributed by atoms with Crippen LogP contribution in [-0.4, -0.2) is 24.5 Å². The lowest BCUT2D eigenvalue weighted by molar-refractivity contribution is 0.177. The topological polar surface area (TPSA) is 3.24 Å². The number of likely N-dealkylation sites (tertiary alicyclic amines) is 1. The summed E-state index contributed by atoms with van der Waals surface area (Å²) in [5.41, 5.74) is 0.482. The average Bonchev–Trinajstić information content (AvgIpc) is 2.14. The fourth-order valence-corrected chi connectivity index (χ4v) is 1.99. The summed E-state index contributed by atoms with van der Waals surface area (Å²) in [7, 11) is 0. The van der Waals surface area contributed by atoms with Crippen LogP contribution in [0.5, 0.6) is 0 Å². The number of rotatable bonds is 3. The van der Waals surface area contributed by atoms with Gasteiger partial charge in [0.15, 0.2) is 0 Å². The maximum absolute atomic E-state index is 2.64. The van der Waals surface area contributed by atoms with E-state index in [-0.39, 0.29) is 0 Å². The Morgan fingerprint density at radius 3 is 2.14 bits per heavy atom. The lowest BCUT2D eigenvalue weighted by Crippen LogP contribution is -2.32. The first-order valence-electron chi connectivity index (χ1n) is 6.22. The van der Waals surface area contributed by atoms with E-state index in [9.17, 15) is 0 Å². The van der Waals surface area contributed by atoms with E-state index in [1.807, 2.05) is 0 Å². The van der Waals surface area contributed by atoms with Gasteiger partial charge in [0.2, 0.25) is 0 Å². The molecule has 1 atom stereocenters. The van der Waals surface area contributed by atoms with Gasteiger partial charge in [0.05, 0.1) is 0 Å². The Balaban J connectivity index is 2.19. The fourth-order valence-electron chi connectivity index (χ4n) is 1.99. The van der Waals surface area contributed by atoms with Gasteiger partial charge in [-0.3, -0.25) is 0 Å². The van der Waals surface area contributed by atoms with E-state index in [4.69, 9.17) is 0 Å². The number of hydrogen-bond acceptors (Lipinski definition) is 1. The van der Waals surface area contributed by atoms with Crippen molar-refractivity contribution >= 4 is 0 Å². The molecule has 1 rings (SSSR count). The summed E-state index contributed by atoms with van der Waals surface area (Å²) in [5, 5.41) is 0. The summed E-state index contributed by atoms with van der Waals surface area (Å²) >= 11 is 0. The first kappa shape index (κ1) is 12.0. The molecule has 0 bridgehead atoms. The van der Waals surface area contributed by atoms with Crippen molar-refractivity contribution in [3.05, 3.63) is 0 Å². The molecule has 0 radical (unpaired) electrons. The van der Waals surface area contributed by atoms with Crippen LogP contribution in [0.1, 0.15) is 53.4 Å². The smallest absolute Gasteiger partial charge is 0.00160 e. The maximum Gasteiger partial charge on any atom is -0.00160 e. The van der Waals surface area contributed by atoms with Crippen molar-refractivity contribution in [3.8, 4) is 0 Å². The normalized spacial score (nSPS) is 22.3. The summed E-state index contributed by atoms with van der Waals surface area (Å²) in [5.74, 6) is 0.837. The van der Waals surface area contributed by atoms with Crippen molar-refractivity contribution in [2.75, 3.05) is 19.6 Å². The zero-order chi connectivity index (χ0) is 10.6. The Morgan fingerprint density at radius 2 is 1.64 bits per heavy atom. The maximum atomic E-state index is 2.64. The van der Waals surface area contributed by atoms with Crippen LogP contribution in [0.3, 0.4) is 0 Å². The molecule has 1 heteroatoms. The second kappa shape index (κ2) is 5.16. The van der Waals surface area contributed by atoms with Gasteiger partial charge >= 0.3 is 0 Å². The van der Waals surface area contributed by atoms with Gasteiger partial charge in [-0.1, -0.05) is 34.1 Å². The molecule has 14 heavy (non-hydrogen) atoms. The summed E-state index contributed by atoms with van der Waals surface area (Å²) < 4.78 is 0. The van der Waals surface area contributed by atoms with Gasteiger partial charge in [0, 0.05) is 0 Å². The van der Waals surface area contributed by atoms with E-state index in [0.717, 1.165) is 5.92 Å². The summed E-state index contributed by atoms with van der Waals surface area (Å²) in [6.45, 7) is 13.5. The Hall–Kier alpha value is -0.0400. The molecule has 0 unspecified atom stereocenters. The Bertz CT molecular complexity index is 151. The van der Waals surface area contributed by atoms with Crippen molar-refractivity contribution in [1.82, 2.24) is 4.90 Å². The number of hydrogen-bond donors (Lipinski definition) is 0. The van der Waals surface area contributed by atoms with E-state index in [1.165, 1.54) is 45.3 Å². The van der Waals surface area contributed by atoms with E-state index < -0.39 is 0 Å². The van der Waals surface area contributed by atoms with Crippen LogP contribution in [-0.2, 0) is 0 Å². The van der Waals surface area contributed by atoms with Crippen LogP contribution in [0.4, 0.5) is 0 Å². The minimum absolute atomic E-state index is 0.482. The predicted octanol–water partition coefficient (Wildman–Crippen LogP) is 3.54. The van der Waals surface area contributed by atoms with Gasteiger partial charge in [-0.25, -0.2) is 0 Å². The van der Waals surface area contributed by atoms with Gasteiger partial charge in [0.1, 0.15) is 0 Å². The second-order valence-electron chi connectivity index (χ2n) is 5.96. The highest BCUT2D eigenvalue weighted by molar-refractivity contribution is 4.72. The minimum atomic E-state index is 0.482. The molecule has 1 heterocycles. The van der Waals surface area contributed by atoms with E-state index in [2.05, 4.69) is 32.6 Å². The van der Waals surface area contributed by atoms with Crippen molar-refractivity contribution in [3.63, 3.8) is 0 Å². The molecule has 0 aromatic heterocycles. The van der Waals surface area contributed by atoms with Crippen LogP contribution >= 0.6 is 0 Å². The molecule has 1 fully saturated rings. The number of nitrogens with zero attached hydrogens (tertiary/aromatic N) is 1. The SMILES string of the molecule is C[C@H](CCN1CCCCC1)C(C)(C)C. The van der Waals surface area contributed by atoms with Crippen molar-refractivity contribution in [2.45, 2.75) is 53.4 Å². The first-order valence-corrected chi connectivity index (χ1v) is 6.22. The third kappa shape index (κ3) is 4.00. The Kier molecular flexibility index (Phi) is 4.43. The molecule has 0 aliphatic carbocycles. The lowest BCUT2D eigenvalue weighted by Gasteiger charge is -2.31. The standard InChI is InChI=1S/C13H27N/c1-12(13(2,3)4)8-11-14-9-6-5-7-10-14/h12H,5-11H2,1-4H3/t12-/m1/s1. The molecule has 0 spiro atoms. The van der Waals surface area contributed by atoms with E-state index >= 15 is 0 Å². The highest BCUT2D eigenvalue weighted by atomic mass is 15.1. The van der Waals surface area contributed by atoms with Crippen molar-refractivity contribution < 1.29 is 0 Å². The molecule has 0 aromatic rings. The van der Waals surface area contributed by atoms with Crippen LogP contribution in [0.2, 0.25) is 0 Å².